The number of hydrogen-bond donors (Lipinski definition) is 1. The third-order valence-corrected chi connectivity index (χ3v) is 3.16. The summed E-state index contributed by atoms with van der Waals surface area (Å²) in [5.41, 5.74) is 1.88. The first-order valence-corrected chi connectivity index (χ1v) is 6.64. The second kappa shape index (κ2) is 5.89. The molecule has 1 aromatic carbocycles. The highest BCUT2D eigenvalue weighted by atomic mass is 16.1. The molecule has 1 amide bonds. The minimum Gasteiger partial charge on any atom is -0.352 e. The molecular formula is C15H21N3O. The van der Waals surface area contributed by atoms with Gasteiger partial charge < -0.3 is 14.8 Å². The van der Waals surface area contributed by atoms with E-state index in [0.717, 1.165) is 29.6 Å². The molecule has 0 atom stereocenters. The molecule has 0 bridgehead atoms. The Balaban J connectivity index is 2.39. The highest BCUT2D eigenvalue weighted by molar-refractivity contribution is 6.06. The molecule has 0 spiro atoms. The molecule has 102 valence electrons. The minimum absolute atomic E-state index is 0.00213. The molecule has 2 aromatic rings. The molecule has 0 fully saturated rings. The van der Waals surface area contributed by atoms with Gasteiger partial charge in [0.25, 0.3) is 5.91 Å². The summed E-state index contributed by atoms with van der Waals surface area (Å²) < 4.78 is 2.15. The average Bonchev–Trinajstić information content (AvgIpc) is 2.76. The molecule has 0 aliphatic heterocycles. The number of amides is 1. The van der Waals surface area contributed by atoms with Crippen molar-refractivity contribution in [2.24, 2.45) is 0 Å². The summed E-state index contributed by atoms with van der Waals surface area (Å²) in [5.74, 6) is 0.00213. The van der Waals surface area contributed by atoms with Crippen LogP contribution in [0.2, 0.25) is 0 Å². The van der Waals surface area contributed by atoms with Gasteiger partial charge in [-0.05, 0) is 27.1 Å². The zero-order chi connectivity index (χ0) is 13.8. The van der Waals surface area contributed by atoms with Crippen LogP contribution in [0.3, 0.4) is 0 Å². The van der Waals surface area contributed by atoms with Gasteiger partial charge in [-0.3, -0.25) is 4.79 Å². The first-order valence-electron chi connectivity index (χ1n) is 6.64. The minimum atomic E-state index is 0.00213. The summed E-state index contributed by atoms with van der Waals surface area (Å²) in [6.45, 7) is 4.42. The number of hydrogen-bond acceptors (Lipinski definition) is 2. The number of nitrogens with zero attached hydrogens (tertiary/aromatic N) is 2. The zero-order valence-corrected chi connectivity index (χ0v) is 11.8. The molecule has 1 N–H and O–H groups in total. The molecule has 19 heavy (non-hydrogen) atoms. The summed E-state index contributed by atoms with van der Waals surface area (Å²) in [4.78, 5) is 14.2. The van der Waals surface area contributed by atoms with Crippen molar-refractivity contribution in [2.45, 2.75) is 13.5 Å². The van der Waals surface area contributed by atoms with Gasteiger partial charge in [0.15, 0.2) is 0 Å². The molecule has 1 aromatic heterocycles. The molecule has 4 heteroatoms. The van der Waals surface area contributed by atoms with Crippen molar-refractivity contribution in [1.82, 2.24) is 14.8 Å². The topological polar surface area (TPSA) is 37.3 Å². The van der Waals surface area contributed by atoms with Crippen molar-refractivity contribution in [1.29, 1.82) is 0 Å². The van der Waals surface area contributed by atoms with Crippen molar-refractivity contribution in [2.75, 3.05) is 27.2 Å². The van der Waals surface area contributed by atoms with Gasteiger partial charge in [-0.2, -0.15) is 0 Å². The van der Waals surface area contributed by atoms with Crippen LogP contribution in [0.1, 0.15) is 17.3 Å². The lowest BCUT2D eigenvalue weighted by atomic mass is 10.1. The monoisotopic (exact) mass is 259 g/mol. The van der Waals surface area contributed by atoms with E-state index < -0.39 is 0 Å². The maximum Gasteiger partial charge on any atom is 0.253 e. The summed E-state index contributed by atoms with van der Waals surface area (Å²) in [6, 6.07) is 8.05. The van der Waals surface area contributed by atoms with Crippen molar-refractivity contribution in [3.8, 4) is 0 Å². The molecular weight excluding hydrogens is 238 g/mol. The van der Waals surface area contributed by atoms with Crippen molar-refractivity contribution in [3.63, 3.8) is 0 Å². The van der Waals surface area contributed by atoms with E-state index in [9.17, 15) is 4.79 Å². The first-order chi connectivity index (χ1) is 9.13. The first kappa shape index (κ1) is 13.6. The number of likely N-dealkylation sites (N-methyl/N-ethyl adjacent to an activating group) is 1. The van der Waals surface area contributed by atoms with Crippen LogP contribution in [0.4, 0.5) is 0 Å². The maximum absolute atomic E-state index is 12.1. The van der Waals surface area contributed by atoms with Gasteiger partial charge in [-0.1, -0.05) is 18.2 Å². The second-order valence-electron chi connectivity index (χ2n) is 4.92. The lowest BCUT2D eigenvalue weighted by Crippen LogP contribution is -2.22. The molecule has 2 rings (SSSR count). The largest absolute Gasteiger partial charge is 0.352 e. The summed E-state index contributed by atoms with van der Waals surface area (Å²) in [7, 11) is 4.10. The number of carbonyl (C=O) groups is 1. The number of para-hydroxylation sites is 1. The molecule has 1 heterocycles. The van der Waals surface area contributed by atoms with Crippen LogP contribution in [0.15, 0.2) is 30.5 Å². The average molecular weight is 259 g/mol. The summed E-state index contributed by atoms with van der Waals surface area (Å²) in [5, 5.41) is 3.89. The fourth-order valence-electron chi connectivity index (χ4n) is 2.18. The Morgan fingerprint density at radius 1 is 1.32 bits per heavy atom. The van der Waals surface area contributed by atoms with E-state index in [2.05, 4.69) is 34.9 Å². The number of rotatable bonds is 5. The van der Waals surface area contributed by atoms with E-state index in [0.29, 0.717) is 6.54 Å². The molecule has 0 radical (unpaired) electrons. The highest BCUT2D eigenvalue weighted by Crippen LogP contribution is 2.21. The number of aromatic nitrogens is 1. The van der Waals surface area contributed by atoms with E-state index in [4.69, 9.17) is 0 Å². The van der Waals surface area contributed by atoms with E-state index in [-0.39, 0.29) is 5.91 Å². The van der Waals surface area contributed by atoms with Crippen LogP contribution in [-0.4, -0.2) is 42.6 Å². The number of fused-ring (bicyclic) bond motifs is 1. The lowest BCUT2D eigenvalue weighted by Gasteiger charge is -2.10. The van der Waals surface area contributed by atoms with Crippen LogP contribution in [0.5, 0.6) is 0 Å². The van der Waals surface area contributed by atoms with Gasteiger partial charge in [0, 0.05) is 36.7 Å². The standard InChI is InChI=1S/C15H21N3O/c1-4-16-15(19)13-11-18(10-9-17(2)3)14-8-6-5-7-12(13)14/h5-8,11H,4,9-10H2,1-3H3,(H,16,19). The fraction of sp³-hybridized carbons (Fsp3) is 0.400. The predicted molar refractivity (Wildman–Crippen MR) is 78.5 cm³/mol. The fourth-order valence-corrected chi connectivity index (χ4v) is 2.18. The number of nitrogens with one attached hydrogen (secondary N) is 1. The Hall–Kier alpha value is -1.81. The van der Waals surface area contributed by atoms with Gasteiger partial charge in [0.1, 0.15) is 0 Å². The number of benzene rings is 1. The van der Waals surface area contributed by atoms with Crippen LogP contribution in [0, 0.1) is 0 Å². The Morgan fingerprint density at radius 2 is 2.05 bits per heavy atom. The third kappa shape index (κ3) is 2.96. The van der Waals surface area contributed by atoms with E-state index in [1.54, 1.807) is 0 Å². The highest BCUT2D eigenvalue weighted by Gasteiger charge is 2.13. The third-order valence-electron chi connectivity index (χ3n) is 3.16. The molecule has 0 unspecified atom stereocenters. The smallest absolute Gasteiger partial charge is 0.253 e. The maximum atomic E-state index is 12.1. The lowest BCUT2D eigenvalue weighted by molar-refractivity contribution is 0.0957. The molecule has 0 aliphatic rings. The van der Waals surface area contributed by atoms with Crippen molar-refractivity contribution in [3.05, 3.63) is 36.0 Å². The normalized spacial score (nSPS) is 11.2. The SMILES string of the molecule is CCNC(=O)c1cn(CCN(C)C)c2ccccc12. The molecule has 0 saturated carbocycles. The van der Waals surface area contributed by atoms with Gasteiger partial charge in [-0.25, -0.2) is 0 Å². The van der Waals surface area contributed by atoms with Crippen LogP contribution >= 0.6 is 0 Å². The molecule has 0 aliphatic carbocycles. The van der Waals surface area contributed by atoms with Gasteiger partial charge in [-0.15, -0.1) is 0 Å². The second-order valence-corrected chi connectivity index (χ2v) is 4.92. The summed E-state index contributed by atoms with van der Waals surface area (Å²) in [6.07, 6.45) is 1.96. The van der Waals surface area contributed by atoms with E-state index in [1.807, 2.05) is 31.3 Å². The number of carbonyl (C=O) groups excluding carboxylic acids is 1. The quantitative estimate of drug-likeness (QED) is 0.891. The Bertz CT molecular complexity index is 572. The van der Waals surface area contributed by atoms with Gasteiger partial charge >= 0.3 is 0 Å². The Labute approximate surface area is 114 Å². The van der Waals surface area contributed by atoms with E-state index in [1.165, 1.54) is 0 Å². The molecule has 0 saturated heterocycles. The van der Waals surface area contributed by atoms with Gasteiger partial charge in [0.05, 0.1) is 5.56 Å². The predicted octanol–water partition coefficient (Wildman–Crippen LogP) is 1.95. The van der Waals surface area contributed by atoms with Crippen molar-refractivity contribution < 1.29 is 4.79 Å². The van der Waals surface area contributed by atoms with Crippen LogP contribution in [0.25, 0.3) is 10.9 Å². The van der Waals surface area contributed by atoms with Gasteiger partial charge in [0.2, 0.25) is 0 Å². The molecule has 4 nitrogen and oxygen atoms in total. The Kier molecular flexibility index (Phi) is 4.22. The summed E-state index contributed by atoms with van der Waals surface area (Å²) >= 11 is 0. The van der Waals surface area contributed by atoms with Crippen molar-refractivity contribution >= 4 is 16.8 Å². The van der Waals surface area contributed by atoms with E-state index >= 15 is 0 Å². The van der Waals surface area contributed by atoms with Crippen LogP contribution < -0.4 is 5.32 Å². The van der Waals surface area contributed by atoms with Crippen LogP contribution in [-0.2, 0) is 6.54 Å². The Morgan fingerprint density at radius 3 is 2.74 bits per heavy atom. The zero-order valence-electron chi connectivity index (χ0n) is 11.8.